The van der Waals surface area contributed by atoms with Crippen molar-refractivity contribution in [3.8, 4) is 0 Å². The molecule has 0 unspecified atom stereocenters. The molecule has 0 aromatic carbocycles. The predicted molar refractivity (Wildman–Crippen MR) is 62.6 cm³/mol. The van der Waals surface area contributed by atoms with Gasteiger partial charge in [0.25, 0.3) is 0 Å². The Morgan fingerprint density at radius 2 is 0.938 bits per heavy atom. The van der Waals surface area contributed by atoms with Crippen LogP contribution in [-0.4, -0.2) is 19.8 Å². The first-order valence-corrected chi connectivity index (χ1v) is 8.05. The van der Waals surface area contributed by atoms with Gasteiger partial charge in [0.1, 0.15) is 0 Å². The van der Waals surface area contributed by atoms with Crippen LogP contribution in [0.15, 0.2) is 0 Å². The standard InChI is InChI=1S/3C4H9O.Cr/c3*1-2-3-4-5;/h3*2-4H2,1H3;/q3*-1;+3. The van der Waals surface area contributed by atoms with Crippen LogP contribution in [0.1, 0.15) is 59.3 Å². The Kier molecular flexibility index (Phi) is 13.8. The van der Waals surface area contributed by atoms with Crippen LogP contribution in [0.4, 0.5) is 0 Å². The van der Waals surface area contributed by atoms with Crippen LogP contribution in [0.25, 0.3) is 0 Å². The van der Waals surface area contributed by atoms with Gasteiger partial charge in [0.05, 0.1) is 0 Å². The van der Waals surface area contributed by atoms with Crippen molar-refractivity contribution in [3.63, 3.8) is 0 Å². The monoisotopic (exact) mass is 271 g/mol. The molecule has 0 amide bonds. The van der Waals surface area contributed by atoms with Crippen molar-refractivity contribution in [3.05, 3.63) is 0 Å². The van der Waals surface area contributed by atoms with E-state index in [0.29, 0.717) is 0 Å². The summed E-state index contributed by atoms with van der Waals surface area (Å²) in [4.78, 5) is 0. The van der Waals surface area contributed by atoms with Crippen molar-refractivity contribution in [2.45, 2.75) is 59.3 Å². The third kappa shape index (κ3) is 10.9. The zero-order valence-electron chi connectivity index (χ0n) is 11.0. The summed E-state index contributed by atoms with van der Waals surface area (Å²) in [6.07, 6.45) is 6.74. The Hall–Kier alpha value is 0.412. The van der Waals surface area contributed by atoms with E-state index in [0.717, 1.165) is 58.3 Å². The Balaban J connectivity index is 3.58. The van der Waals surface area contributed by atoms with Crippen molar-refractivity contribution < 1.29 is 26.5 Å². The normalized spacial score (nSPS) is 11.2. The van der Waals surface area contributed by atoms with Gasteiger partial charge in [-0.3, -0.25) is 0 Å². The van der Waals surface area contributed by atoms with Gasteiger partial charge < -0.3 is 0 Å². The van der Waals surface area contributed by atoms with Gasteiger partial charge >= 0.3 is 106 Å². The molecule has 0 saturated heterocycles. The topological polar surface area (TPSA) is 27.7 Å². The van der Waals surface area contributed by atoms with Gasteiger partial charge in [0.15, 0.2) is 0 Å². The Morgan fingerprint density at radius 1 is 0.625 bits per heavy atom. The van der Waals surface area contributed by atoms with Crippen molar-refractivity contribution in [1.82, 2.24) is 0 Å². The first-order valence-electron chi connectivity index (χ1n) is 6.49. The van der Waals surface area contributed by atoms with E-state index in [1.807, 2.05) is 0 Å². The molecule has 0 saturated carbocycles. The van der Waals surface area contributed by atoms with E-state index >= 15 is 0 Å². The molecular formula is C12H27CrO3. The van der Waals surface area contributed by atoms with Crippen LogP contribution in [-0.2, 0) is 26.5 Å². The predicted octanol–water partition coefficient (Wildman–Crippen LogP) is 3.80. The number of hydrogen-bond donors (Lipinski definition) is 0. The molecular weight excluding hydrogens is 244 g/mol. The first kappa shape index (κ1) is 16.4. The van der Waals surface area contributed by atoms with Gasteiger partial charge in [-0.05, 0) is 0 Å². The average molecular weight is 271 g/mol. The number of rotatable bonds is 12. The zero-order chi connectivity index (χ0) is 12.1. The minimum atomic E-state index is -1.69. The minimum absolute atomic E-state index is 0.777. The number of hydrogen-bond acceptors (Lipinski definition) is 3. The van der Waals surface area contributed by atoms with Gasteiger partial charge in [0, 0.05) is 0 Å². The van der Waals surface area contributed by atoms with Crippen LogP contribution < -0.4 is 0 Å². The average Bonchev–Trinajstić information content (AvgIpc) is 2.29. The summed E-state index contributed by atoms with van der Waals surface area (Å²) < 4.78 is 17.0. The summed E-state index contributed by atoms with van der Waals surface area (Å²) in [7, 11) is 0. The van der Waals surface area contributed by atoms with Gasteiger partial charge in [0.2, 0.25) is 0 Å². The summed E-state index contributed by atoms with van der Waals surface area (Å²) in [5.74, 6) is 0. The fourth-order valence-electron chi connectivity index (χ4n) is 0.916. The van der Waals surface area contributed by atoms with Gasteiger partial charge in [-0.25, -0.2) is 0 Å². The molecule has 0 aliphatic rings. The van der Waals surface area contributed by atoms with Crippen LogP contribution in [0.2, 0.25) is 0 Å². The summed E-state index contributed by atoms with van der Waals surface area (Å²) in [6.45, 7) is 8.81. The fourth-order valence-corrected chi connectivity index (χ4v) is 2.42. The molecule has 0 heterocycles. The van der Waals surface area contributed by atoms with Crippen LogP contribution in [0, 0.1) is 0 Å². The van der Waals surface area contributed by atoms with Gasteiger partial charge in [-0.2, -0.15) is 0 Å². The maximum atomic E-state index is 5.66. The van der Waals surface area contributed by atoms with E-state index in [4.69, 9.17) is 11.4 Å². The molecule has 3 nitrogen and oxygen atoms in total. The molecule has 0 aromatic rings. The molecule has 0 spiro atoms. The molecule has 0 aliphatic heterocycles. The molecule has 0 radical (unpaired) electrons. The van der Waals surface area contributed by atoms with Crippen molar-refractivity contribution in [2.24, 2.45) is 0 Å². The Labute approximate surface area is 106 Å². The zero-order valence-corrected chi connectivity index (χ0v) is 12.3. The number of unbranched alkanes of at least 4 members (excludes halogenated alkanes) is 3. The van der Waals surface area contributed by atoms with E-state index in [9.17, 15) is 0 Å². The second-order valence-corrected chi connectivity index (χ2v) is 5.47. The third-order valence-corrected chi connectivity index (χ3v) is 3.71. The van der Waals surface area contributed by atoms with Gasteiger partial charge in [-0.1, -0.05) is 0 Å². The van der Waals surface area contributed by atoms with Crippen LogP contribution >= 0.6 is 0 Å². The maximum absolute atomic E-state index is 5.66. The van der Waals surface area contributed by atoms with Crippen LogP contribution in [0.5, 0.6) is 0 Å². The molecule has 99 valence electrons. The Bertz CT molecular complexity index is 110. The summed E-state index contributed by atoms with van der Waals surface area (Å²) >= 11 is -1.69. The summed E-state index contributed by atoms with van der Waals surface area (Å²) in [5.41, 5.74) is 0. The molecule has 4 heteroatoms. The molecule has 0 N–H and O–H groups in total. The molecule has 0 bridgehead atoms. The first-order chi connectivity index (χ1) is 7.85. The summed E-state index contributed by atoms with van der Waals surface area (Å²) in [6, 6.07) is 0. The van der Waals surface area contributed by atoms with Crippen molar-refractivity contribution >= 4 is 0 Å². The second-order valence-electron chi connectivity index (χ2n) is 3.73. The van der Waals surface area contributed by atoms with Crippen LogP contribution in [0.3, 0.4) is 0 Å². The van der Waals surface area contributed by atoms with Crippen molar-refractivity contribution in [2.75, 3.05) is 19.8 Å². The molecule has 0 aromatic heterocycles. The van der Waals surface area contributed by atoms with Crippen molar-refractivity contribution in [1.29, 1.82) is 0 Å². The molecule has 0 aliphatic carbocycles. The molecule has 0 atom stereocenters. The second kappa shape index (κ2) is 13.5. The molecule has 0 fully saturated rings. The van der Waals surface area contributed by atoms with E-state index in [1.54, 1.807) is 0 Å². The molecule has 0 rings (SSSR count). The van der Waals surface area contributed by atoms with E-state index in [-0.39, 0.29) is 0 Å². The SMILES string of the molecule is CCCC[O][Cr]([O]CCCC)[O]CCCC. The summed E-state index contributed by atoms with van der Waals surface area (Å²) in [5, 5.41) is 0. The van der Waals surface area contributed by atoms with E-state index < -0.39 is 15.1 Å². The van der Waals surface area contributed by atoms with Gasteiger partial charge in [-0.15, -0.1) is 0 Å². The fraction of sp³-hybridized carbons (Fsp3) is 1.00. The Morgan fingerprint density at radius 3 is 1.19 bits per heavy atom. The van der Waals surface area contributed by atoms with E-state index in [2.05, 4.69) is 20.8 Å². The molecule has 16 heavy (non-hydrogen) atoms. The quantitative estimate of drug-likeness (QED) is 0.505. The van der Waals surface area contributed by atoms with E-state index in [1.165, 1.54) is 0 Å². The third-order valence-electron chi connectivity index (χ3n) is 2.03.